The van der Waals surface area contributed by atoms with Gasteiger partial charge in [-0.1, -0.05) is 5.16 Å². The maximum absolute atomic E-state index is 11.3. The first kappa shape index (κ1) is 14.6. The van der Waals surface area contributed by atoms with E-state index in [1.807, 2.05) is 5.32 Å². The van der Waals surface area contributed by atoms with Crippen LogP contribution in [-0.4, -0.2) is 41.4 Å². The van der Waals surface area contributed by atoms with Gasteiger partial charge in [-0.25, -0.2) is 9.59 Å². The van der Waals surface area contributed by atoms with Gasteiger partial charge in [0.15, 0.2) is 0 Å². The lowest BCUT2D eigenvalue weighted by Crippen LogP contribution is -2.41. The van der Waals surface area contributed by atoms with E-state index in [1.54, 1.807) is 13.0 Å². The van der Waals surface area contributed by atoms with E-state index in [1.165, 1.54) is 0 Å². The molecule has 1 aromatic heterocycles. The zero-order valence-corrected chi connectivity index (χ0v) is 10.1. The fraction of sp³-hybridized carbons (Fsp3) is 0.400. The first-order valence-corrected chi connectivity index (χ1v) is 5.27. The standard InChI is InChI=1S/C10H13N3O6/c1-6-2-7(13-19-6)3-11-10(17)12-8(14)4-18-5-9(15)16/h2H,3-5H2,1H3,(H,15,16)(H2,11,12,14,17). The van der Waals surface area contributed by atoms with Gasteiger partial charge < -0.3 is 19.7 Å². The maximum Gasteiger partial charge on any atom is 0.329 e. The highest BCUT2D eigenvalue weighted by Crippen LogP contribution is 2.00. The van der Waals surface area contributed by atoms with Gasteiger partial charge in [-0.3, -0.25) is 10.1 Å². The number of carbonyl (C=O) groups excluding carboxylic acids is 2. The van der Waals surface area contributed by atoms with Crippen molar-refractivity contribution in [1.82, 2.24) is 15.8 Å². The number of rotatable bonds is 6. The third-order valence-corrected chi connectivity index (χ3v) is 1.82. The molecule has 19 heavy (non-hydrogen) atoms. The molecule has 1 rings (SSSR count). The van der Waals surface area contributed by atoms with Crippen LogP contribution in [-0.2, 0) is 20.9 Å². The van der Waals surface area contributed by atoms with Crippen molar-refractivity contribution >= 4 is 17.9 Å². The number of nitrogens with one attached hydrogen (secondary N) is 2. The summed E-state index contributed by atoms with van der Waals surface area (Å²) in [4.78, 5) is 32.5. The fourth-order valence-corrected chi connectivity index (χ4v) is 1.11. The van der Waals surface area contributed by atoms with E-state index in [9.17, 15) is 14.4 Å². The van der Waals surface area contributed by atoms with Gasteiger partial charge in [0.1, 0.15) is 24.7 Å². The second-order valence-corrected chi connectivity index (χ2v) is 3.55. The largest absolute Gasteiger partial charge is 0.480 e. The number of urea groups is 1. The summed E-state index contributed by atoms with van der Waals surface area (Å²) in [5.74, 6) is -1.33. The monoisotopic (exact) mass is 271 g/mol. The van der Waals surface area contributed by atoms with E-state index >= 15 is 0 Å². The number of ether oxygens (including phenoxy) is 1. The van der Waals surface area contributed by atoms with E-state index in [-0.39, 0.29) is 6.54 Å². The van der Waals surface area contributed by atoms with Crippen LogP contribution in [0.5, 0.6) is 0 Å². The minimum Gasteiger partial charge on any atom is -0.480 e. The summed E-state index contributed by atoms with van der Waals surface area (Å²) >= 11 is 0. The number of aryl methyl sites for hydroxylation is 1. The van der Waals surface area contributed by atoms with Crippen molar-refractivity contribution in [3.63, 3.8) is 0 Å². The van der Waals surface area contributed by atoms with Crippen molar-refractivity contribution in [3.8, 4) is 0 Å². The summed E-state index contributed by atoms with van der Waals surface area (Å²) in [6, 6.07) is 0.905. The summed E-state index contributed by atoms with van der Waals surface area (Å²) in [6.07, 6.45) is 0. The molecule has 1 aromatic rings. The van der Waals surface area contributed by atoms with E-state index in [2.05, 4.69) is 15.2 Å². The van der Waals surface area contributed by atoms with E-state index in [0.29, 0.717) is 11.5 Å². The molecule has 0 aromatic carbocycles. The molecule has 0 saturated heterocycles. The van der Waals surface area contributed by atoms with Gasteiger partial charge in [0.2, 0.25) is 0 Å². The molecule has 9 nitrogen and oxygen atoms in total. The number of aliphatic carboxylic acids is 1. The van der Waals surface area contributed by atoms with Crippen molar-refractivity contribution in [3.05, 3.63) is 17.5 Å². The van der Waals surface area contributed by atoms with Gasteiger partial charge in [-0.15, -0.1) is 0 Å². The Hall–Kier alpha value is -2.42. The van der Waals surface area contributed by atoms with Crippen LogP contribution in [0.25, 0.3) is 0 Å². The first-order chi connectivity index (χ1) is 8.97. The lowest BCUT2D eigenvalue weighted by Gasteiger charge is -2.05. The molecule has 3 amide bonds. The highest BCUT2D eigenvalue weighted by Gasteiger charge is 2.09. The van der Waals surface area contributed by atoms with Crippen molar-refractivity contribution in [2.24, 2.45) is 0 Å². The predicted molar refractivity (Wildman–Crippen MR) is 60.1 cm³/mol. The van der Waals surface area contributed by atoms with Crippen LogP contribution in [0.3, 0.4) is 0 Å². The molecule has 0 radical (unpaired) electrons. The molecule has 0 bridgehead atoms. The second kappa shape index (κ2) is 7.11. The number of imide groups is 1. The average Bonchev–Trinajstić information content (AvgIpc) is 2.72. The minimum atomic E-state index is -1.20. The van der Waals surface area contributed by atoms with Gasteiger partial charge in [0, 0.05) is 6.07 Å². The molecule has 1 heterocycles. The molecular formula is C10H13N3O6. The predicted octanol–water partition coefficient (Wildman–Crippen LogP) is -0.590. The van der Waals surface area contributed by atoms with Gasteiger partial charge in [-0.2, -0.15) is 0 Å². The topological polar surface area (TPSA) is 131 Å². The maximum atomic E-state index is 11.3. The van der Waals surface area contributed by atoms with E-state index in [0.717, 1.165) is 0 Å². The Balaban J connectivity index is 2.19. The minimum absolute atomic E-state index is 0.104. The zero-order valence-electron chi connectivity index (χ0n) is 10.1. The number of carbonyl (C=O) groups is 3. The smallest absolute Gasteiger partial charge is 0.329 e. The SMILES string of the molecule is Cc1cc(CNC(=O)NC(=O)COCC(=O)O)no1. The number of aromatic nitrogens is 1. The molecule has 0 unspecified atom stereocenters. The second-order valence-electron chi connectivity index (χ2n) is 3.55. The Morgan fingerprint density at radius 3 is 2.74 bits per heavy atom. The fourth-order valence-electron chi connectivity index (χ4n) is 1.11. The van der Waals surface area contributed by atoms with Crippen LogP contribution in [0, 0.1) is 6.92 Å². The van der Waals surface area contributed by atoms with Gasteiger partial charge in [-0.05, 0) is 6.92 Å². The van der Waals surface area contributed by atoms with Crippen LogP contribution < -0.4 is 10.6 Å². The van der Waals surface area contributed by atoms with Gasteiger partial charge in [0.05, 0.1) is 6.54 Å². The van der Waals surface area contributed by atoms with Crippen LogP contribution >= 0.6 is 0 Å². The summed E-state index contributed by atoms with van der Waals surface area (Å²) in [7, 11) is 0. The summed E-state index contributed by atoms with van der Waals surface area (Å²) in [6.45, 7) is 0.697. The molecule has 0 saturated carbocycles. The lowest BCUT2D eigenvalue weighted by molar-refractivity contribution is -0.143. The Morgan fingerprint density at radius 1 is 1.42 bits per heavy atom. The number of hydrogen-bond acceptors (Lipinski definition) is 6. The number of nitrogens with zero attached hydrogens (tertiary/aromatic N) is 1. The molecule has 0 fully saturated rings. The van der Waals surface area contributed by atoms with Crippen molar-refractivity contribution in [2.45, 2.75) is 13.5 Å². The van der Waals surface area contributed by atoms with Gasteiger partial charge in [0.25, 0.3) is 5.91 Å². The number of hydrogen-bond donors (Lipinski definition) is 3. The molecule has 0 aliphatic rings. The third-order valence-electron chi connectivity index (χ3n) is 1.82. The quantitative estimate of drug-likeness (QED) is 0.630. The molecule has 9 heteroatoms. The summed E-state index contributed by atoms with van der Waals surface area (Å²) < 4.78 is 9.29. The molecule has 3 N–H and O–H groups in total. The summed E-state index contributed by atoms with van der Waals surface area (Å²) in [5.41, 5.74) is 0.516. The van der Waals surface area contributed by atoms with Gasteiger partial charge >= 0.3 is 12.0 Å². The molecule has 104 valence electrons. The van der Waals surface area contributed by atoms with Crippen molar-refractivity contribution in [2.75, 3.05) is 13.2 Å². The summed E-state index contributed by atoms with van der Waals surface area (Å²) in [5, 5.41) is 16.3. The molecular weight excluding hydrogens is 258 g/mol. The normalized spacial score (nSPS) is 9.95. The Kier molecular flexibility index (Phi) is 5.48. The van der Waals surface area contributed by atoms with Crippen LogP contribution in [0.4, 0.5) is 4.79 Å². The number of carboxylic acid groups (broad SMARTS) is 1. The van der Waals surface area contributed by atoms with E-state index in [4.69, 9.17) is 9.63 Å². The highest BCUT2D eigenvalue weighted by atomic mass is 16.5. The van der Waals surface area contributed by atoms with Crippen molar-refractivity contribution in [1.29, 1.82) is 0 Å². The number of carboxylic acids is 1. The molecule has 0 aliphatic heterocycles. The van der Waals surface area contributed by atoms with Crippen LogP contribution in [0.15, 0.2) is 10.6 Å². The highest BCUT2D eigenvalue weighted by molar-refractivity contribution is 5.94. The first-order valence-electron chi connectivity index (χ1n) is 5.27. The molecule has 0 atom stereocenters. The Morgan fingerprint density at radius 2 is 2.16 bits per heavy atom. The van der Waals surface area contributed by atoms with Crippen LogP contribution in [0.1, 0.15) is 11.5 Å². The molecule has 0 spiro atoms. The number of amides is 3. The molecule has 0 aliphatic carbocycles. The van der Waals surface area contributed by atoms with Crippen molar-refractivity contribution < 1.29 is 28.8 Å². The lowest BCUT2D eigenvalue weighted by atomic mass is 10.4. The van der Waals surface area contributed by atoms with Crippen LogP contribution in [0.2, 0.25) is 0 Å². The average molecular weight is 271 g/mol. The Bertz CT molecular complexity index is 470. The van der Waals surface area contributed by atoms with E-state index < -0.39 is 31.1 Å². The third kappa shape index (κ3) is 6.17. The Labute approximate surface area is 107 Å². The zero-order chi connectivity index (χ0) is 14.3.